The van der Waals surface area contributed by atoms with E-state index >= 15 is 0 Å². The van der Waals surface area contributed by atoms with Gasteiger partial charge in [0.25, 0.3) is 0 Å². The van der Waals surface area contributed by atoms with E-state index in [9.17, 15) is 24.3 Å². The Morgan fingerprint density at radius 2 is 1.47 bits per heavy atom. The summed E-state index contributed by atoms with van der Waals surface area (Å²) in [6, 6.07) is 25.5. The Morgan fingerprint density at radius 1 is 0.860 bits per heavy atom. The van der Waals surface area contributed by atoms with E-state index in [1.54, 1.807) is 0 Å². The molecule has 3 N–H and O–H groups in total. The minimum atomic E-state index is -1.23. The SMILES string of the molecule is CC(=O)NCCOC(=O)CCN(CC(C)C)C(=O)N[C@H](C(=O)O)C(Cc1ccccc1)c1ccc(-c2ccccc2)cc1. The number of carbonyl (C=O) groups excluding carboxylic acids is 3. The van der Waals surface area contributed by atoms with Gasteiger partial charge >= 0.3 is 18.0 Å². The first-order valence-electron chi connectivity index (χ1n) is 14.5. The first-order valence-corrected chi connectivity index (χ1v) is 14.5. The topological polar surface area (TPSA) is 125 Å². The maximum Gasteiger partial charge on any atom is 0.326 e. The zero-order valence-electron chi connectivity index (χ0n) is 25.0. The van der Waals surface area contributed by atoms with Gasteiger partial charge in [0, 0.05) is 25.9 Å². The number of carboxylic acid groups (broad SMARTS) is 1. The zero-order valence-corrected chi connectivity index (χ0v) is 25.0. The number of rotatable bonds is 15. The van der Waals surface area contributed by atoms with Gasteiger partial charge in [0.05, 0.1) is 13.0 Å². The monoisotopic (exact) mass is 587 g/mol. The lowest BCUT2D eigenvalue weighted by molar-refractivity contribution is -0.144. The summed E-state index contributed by atoms with van der Waals surface area (Å²) in [5.41, 5.74) is 3.79. The highest BCUT2D eigenvalue weighted by Crippen LogP contribution is 2.28. The summed E-state index contributed by atoms with van der Waals surface area (Å²) in [4.78, 5) is 50.9. The number of carbonyl (C=O) groups is 4. The van der Waals surface area contributed by atoms with Crippen molar-refractivity contribution in [2.45, 2.75) is 45.6 Å². The molecule has 9 heteroatoms. The van der Waals surface area contributed by atoms with Crippen molar-refractivity contribution in [3.63, 3.8) is 0 Å². The van der Waals surface area contributed by atoms with Crippen molar-refractivity contribution in [2.75, 3.05) is 26.2 Å². The molecule has 43 heavy (non-hydrogen) atoms. The zero-order chi connectivity index (χ0) is 31.2. The predicted octanol–water partition coefficient (Wildman–Crippen LogP) is 4.87. The van der Waals surface area contributed by atoms with E-state index < -0.39 is 29.9 Å². The lowest BCUT2D eigenvalue weighted by Gasteiger charge is -2.30. The Kier molecular flexibility index (Phi) is 12.8. The molecule has 3 aromatic carbocycles. The molecule has 0 heterocycles. The number of nitrogens with zero attached hydrogens (tertiary/aromatic N) is 1. The average molecular weight is 588 g/mol. The fraction of sp³-hybridized carbons (Fsp3) is 0.353. The molecule has 9 nitrogen and oxygen atoms in total. The summed E-state index contributed by atoms with van der Waals surface area (Å²) >= 11 is 0. The van der Waals surface area contributed by atoms with Gasteiger partial charge < -0.3 is 25.4 Å². The van der Waals surface area contributed by atoms with Gasteiger partial charge in [0.15, 0.2) is 0 Å². The highest BCUT2D eigenvalue weighted by molar-refractivity contribution is 5.84. The number of urea groups is 1. The minimum Gasteiger partial charge on any atom is -0.480 e. The Bertz CT molecular complexity index is 1330. The third-order valence-corrected chi connectivity index (χ3v) is 6.89. The van der Waals surface area contributed by atoms with Crippen LogP contribution in [0.25, 0.3) is 11.1 Å². The van der Waals surface area contributed by atoms with Crippen LogP contribution >= 0.6 is 0 Å². The van der Waals surface area contributed by atoms with E-state index in [0.717, 1.165) is 22.3 Å². The molecular formula is C34H41N3O6. The van der Waals surface area contributed by atoms with Crippen LogP contribution < -0.4 is 10.6 Å². The van der Waals surface area contributed by atoms with Crippen molar-refractivity contribution >= 4 is 23.9 Å². The van der Waals surface area contributed by atoms with Gasteiger partial charge in [-0.15, -0.1) is 0 Å². The fourth-order valence-corrected chi connectivity index (χ4v) is 4.82. The Balaban J connectivity index is 1.80. The highest BCUT2D eigenvalue weighted by atomic mass is 16.5. The molecule has 0 saturated carbocycles. The second-order valence-electron chi connectivity index (χ2n) is 10.8. The molecule has 2 atom stereocenters. The molecule has 0 aliphatic carbocycles. The van der Waals surface area contributed by atoms with Crippen molar-refractivity contribution < 1.29 is 29.0 Å². The van der Waals surface area contributed by atoms with Crippen LogP contribution in [-0.2, 0) is 25.5 Å². The summed E-state index contributed by atoms with van der Waals surface area (Å²) in [7, 11) is 0. The largest absolute Gasteiger partial charge is 0.480 e. The molecule has 0 spiro atoms. The number of aliphatic carboxylic acids is 1. The summed E-state index contributed by atoms with van der Waals surface area (Å²) in [6.45, 7) is 5.86. The van der Waals surface area contributed by atoms with Gasteiger partial charge in [-0.1, -0.05) is 98.8 Å². The second-order valence-corrected chi connectivity index (χ2v) is 10.8. The number of ether oxygens (including phenoxy) is 1. The van der Waals surface area contributed by atoms with Crippen LogP contribution in [0.1, 0.15) is 44.2 Å². The van der Waals surface area contributed by atoms with Gasteiger partial charge in [-0.3, -0.25) is 9.59 Å². The number of esters is 1. The summed E-state index contributed by atoms with van der Waals surface area (Å²) < 4.78 is 5.14. The van der Waals surface area contributed by atoms with Crippen LogP contribution in [0.5, 0.6) is 0 Å². The molecule has 3 amide bonds. The minimum absolute atomic E-state index is 0.0279. The van der Waals surface area contributed by atoms with Crippen molar-refractivity contribution in [2.24, 2.45) is 5.92 Å². The molecule has 0 bridgehead atoms. The maximum atomic E-state index is 13.5. The van der Waals surface area contributed by atoms with E-state index in [1.165, 1.54) is 11.8 Å². The summed E-state index contributed by atoms with van der Waals surface area (Å²) in [6.07, 6.45) is 0.333. The number of hydrogen-bond acceptors (Lipinski definition) is 5. The van der Waals surface area contributed by atoms with E-state index in [1.807, 2.05) is 98.8 Å². The molecular weight excluding hydrogens is 546 g/mol. The predicted molar refractivity (Wildman–Crippen MR) is 165 cm³/mol. The van der Waals surface area contributed by atoms with Crippen molar-refractivity contribution in [3.05, 3.63) is 96.1 Å². The number of nitrogens with one attached hydrogen (secondary N) is 2. The normalized spacial score (nSPS) is 12.2. The van der Waals surface area contributed by atoms with Gasteiger partial charge in [-0.05, 0) is 34.6 Å². The standard InChI is InChI=1S/C34H41N3O6/c1-24(2)23-37(20-18-31(39)43-21-19-35-25(3)38)34(42)36-32(33(40)41)30(22-26-10-6-4-7-11-26)29-16-14-28(15-17-29)27-12-8-5-9-13-27/h4-17,24,30,32H,18-23H2,1-3H3,(H,35,38)(H,36,42)(H,40,41)/t30?,32-/m0/s1. The van der Waals surface area contributed by atoms with Crippen LogP contribution in [0.4, 0.5) is 4.79 Å². The molecule has 0 aliphatic rings. The van der Waals surface area contributed by atoms with E-state index in [0.29, 0.717) is 13.0 Å². The van der Waals surface area contributed by atoms with E-state index in [-0.39, 0.29) is 37.9 Å². The third kappa shape index (κ3) is 10.9. The van der Waals surface area contributed by atoms with E-state index in [4.69, 9.17) is 4.74 Å². The number of carboxylic acids is 1. The third-order valence-electron chi connectivity index (χ3n) is 6.89. The first-order chi connectivity index (χ1) is 20.6. The highest BCUT2D eigenvalue weighted by Gasteiger charge is 2.33. The fourth-order valence-electron chi connectivity index (χ4n) is 4.82. The number of benzene rings is 3. The van der Waals surface area contributed by atoms with Crippen molar-refractivity contribution in [1.29, 1.82) is 0 Å². The Morgan fingerprint density at radius 3 is 2.05 bits per heavy atom. The smallest absolute Gasteiger partial charge is 0.326 e. The molecule has 0 saturated heterocycles. The van der Waals surface area contributed by atoms with Crippen molar-refractivity contribution in [3.8, 4) is 11.1 Å². The molecule has 0 radical (unpaired) electrons. The van der Waals surface area contributed by atoms with Crippen LogP contribution in [0.3, 0.4) is 0 Å². The molecule has 3 rings (SSSR count). The quantitative estimate of drug-likeness (QED) is 0.172. The second kappa shape index (κ2) is 16.7. The summed E-state index contributed by atoms with van der Waals surface area (Å²) in [5.74, 6) is -2.37. The molecule has 0 aliphatic heterocycles. The van der Waals surface area contributed by atoms with Gasteiger partial charge in [-0.25, -0.2) is 9.59 Å². The van der Waals surface area contributed by atoms with Crippen LogP contribution in [0, 0.1) is 5.92 Å². The number of amides is 3. The summed E-state index contributed by atoms with van der Waals surface area (Å²) in [5, 5.41) is 15.7. The Hall–Kier alpha value is -4.66. The van der Waals surface area contributed by atoms with Gasteiger partial charge in [0.1, 0.15) is 12.6 Å². The number of hydrogen-bond donors (Lipinski definition) is 3. The van der Waals surface area contributed by atoms with Crippen LogP contribution in [-0.4, -0.2) is 66.2 Å². The van der Waals surface area contributed by atoms with E-state index in [2.05, 4.69) is 10.6 Å². The lowest BCUT2D eigenvalue weighted by Crippen LogP contribution is -2.52. The van der Waals surface area contributed by atoms with Gasteiger partial charge in [-0.2, -0.15) is 0 Å². The first kappa shape index (κ1) is 32.8. The van der Waals surface area contributed by atoms with Crippen molar-refractivity contribution in [1.82, 2.24) is 15.5 Å². The van der Waals surface area contributed by atoms with Gasteiger partial charge in [0.2, 0.25) is 5.91 Å². The molecule has 0 aromatic heterocycles. The molecule has 1 unspecified atom stereocenters. The van der Waals surface area contributed by atoms with Crippen LogP contribution in [0.15, 0.2) is 84.9 Å². The maximum absolute atomic E-state index is 13.5. The molecule has 228 valence electrons. The average Bonchev–Trinajstić information content (AvgIpc) is 2.99. The molecule has 0 fully saturated rings. The lowest BCUT2D eigenvalue weighted by atomic mass is 9.85. The molecule has 3 aromatic rings. The van der Waals surface area contributed by atoms with Crippen LogP contribution in [0.2, 0.25) is 0 Å². The Labute approximate surface area is 253 Å².